The van der Waals surface area contributed by atoms with Gasteiger partial charge in [0.15, 0.2) is 0 Å². The number of ketones is 1. The lowest BCUT2D eigenvalue weighted by atomic mass is 10.1. The molecule has 2 aliphatic rings. The lowest BCUT2D eigenvalue weighted by molar-refractivity contribution is -0.120. The molecule has 0 N–H and O–H groups in total. The van der Waals surface area contributed by atoms with Crippen LogP contribution in [0.5, 0.6) is 11.5 Å². The first-order valence-corrected chi connectivity index (χ1v) is 12.8. The van der Waals surface area contributed by atoms with E-state index in [9.17, 15) is 4.79 Å². The van der Waals surface area contributed by atoms with Crippen molar-refractivity contribution in [1.82, 2.24) is 9.80 Å². The number of methoxy groups -OCH3 is 1. The fraction of sp³-hybridized carbons (Fsp3) is 0.536. The van der Waals surface area contributed by atoms with Gasteiger partial charge in [0.2, 0.25) is 0 Å². The van der Waals surface area contributed by atoms with Crippen molar-refractivity contribution in [3.05, 3.63) is 48.0 Å². The fourth-order valence-electron chi connectivity index (χ4n) is 5.00. The molecule has 2 aromatic rings. The Kier molecular flexibility index (Phi) is 8.88. The van der Waals surface area contributed by atoms with Gasteiger partial charge in [-0.1, -0.05) is 24.3 Å². The van der Waals surface area contributed by atoms with Crippen molar-refractivity contribution < 1.29 is 14.3 Å². The molecule has 190 valence electrons. The van der Waals surface area contributed by atoms with Crippen molar-refractivity contribution in [2.24, 2.45) is 0 Å². The van der Waals surface area contributed by atoms with Crippen molar-refractivity contribution in [1.29, 1.82) is 0 Å². The number of ether oxygens (including phenoxy) is 2. The van der Waals surface area contributed by atoms with Crippen LogP contribution in [-0.4, -0.2) is 95.3 Å². The molecule has 0 bridgehead atoms. The monoisotopic (exact) mass is 480 g/mol. The first-order chi connectivity index (χ1) is 17.0. The SMILES string of the molecule is COc1ccccc1N1CCN(CC(=O)CCCOc2cccc(C)c2N2CCN(C)CC2)CC1. The zero-order valence-electron chi connectivity index (χ0n) is 21.5. The van der Waals surface area contributed by atoms with Crippen molar-refractivity contribution in [2.75, 3.05) is 89.5 Å². The lowest BCUT2D eigenvalue weighted by Gasteiger charge is -2.36. The third kappa shape index (κ3) is 6.67. The Bertz CT molecular complexity index is 966. The standard InChI is InChI=1S/C28H40N4O3/c1-23-8-6-12-27(28(23)32-17-13-29(2)14-18-32)35-21-7-9-24(33)22-30-15-19-31(20-16-30)25-10-4-5-11-26(25)34-3/h4-6,8,10-12H,7,9,13-22H2,1-3H3. The van der Waals surface area contributed by atoms with Crippen LogP contribution >= 0.6 is 0 Å². The third-order valence-electron chi connectivity index (χ3n) is 7.08. The summed E-state index contributed by atoms with van der Waals surface area (Å²) >= 11 is 0. The van der Waals surface area contributed by atoms with E-state index in [1.807, 2.05) is 18.2 Å². The lowest BCUT2D eigenvalue weighted by Crippen LogP contribution is -2.48. The molecule has 2 heterocycles. The number of aryl methyl sites for hydroxylation is 1. The second-order valence-corrected chi connectivity index (χ2v) is 9.64. The number of carbonyl (C=O) groups is 1. The summed E-state index contributed by atoms with van der Waals surface area (Å²) in [5, 5.41) is 0. The van der Waals surface area contributed by atoms with E-state index in [4.69, 9.17) is 9.47 Å². The van der Waals surface area contributed by atoms with Gasteiger partial charge in [-0.25, -0.2) is 0 Å². The number of piperazine rings is 2. The van der Waals surface area contributed by atoms with Gasteiger partial charge in [0, 0.05) is 58.8 Å². The van der Waals surface area contributed by atoms with E-state index in [0.717, 1.165) is 76.0 Å². The third-order valence-corrected chi connectivity index (χ3v) is 7.08. The molecule has 2 fully saturated rings. The Morgan fingerprint density at radius 3 is 2.29 bits per heavy atom. The van der Waals surface area contributed by atoms with E-state index in [0.29, 0.717) is 25.4 Å². The van der Waals surface area contributed by atoms with Gasteiger partial charge in [-0.05, 0) is 44.2 Å². The number of para-hydroxylation sites is 3. The van der Waals surface area contributed by atoms with E-state index < -0.39 is 0 Å². The second-order valence-electron chi connectivity index (χ2n) is 9.64. The van der Waals surface area contributed by atoms with Crippen LogP contribution in [0.1, 0.15) is 18.4 Å². The summed E-state index contributed by atoms with van der Waals surface area (Å²) in [6, 6.07) is 14.4. The molecule has 4 rings (SSSR count). The Morgan fingerprint density at radius 2 is 1.54 bits per heavy atom. The van der Waals surface area contributed by atoms with Crippen molar-refractivity contribution in [3.63, 3.8) is 0 Å². The van der Waals surface area contributed by atoms with E-state index in [1.54, 1.807) is 7.11 Å². The molecule has 35 heavy (non-hydrogen) atoms. The van der Waals surface area contributed by atoms with E-state index in [-0.39, 0.29) is 0 Å². The van der Waals surface area contributed by atoms with Gasteiger partial charge in [0.05, 0.1) is 31.6 Å². The van der Waals surface area contributed by atoms with Crippen LogP contribution in [0, 0.1) is 6.92 Å². The number of hydrogen-bond donors (Lipinski definition) is 0. The molecule has 0 spiro atoms. The Morgan fingerprint density at radius 1 is 0.857 bits per heavy atom. The van der Waals surface area contributed by atoms with Crippen molar-refractivity contribution in [2.45, 2.75) is 19.8 Å². The average molecular weight is 481 g/mol. The fourth-order valence-corrected chi connectivity index (χ4v) is 5.00. The van der Waals surface area contributed by atoms with Crippen LogP contribution in [0.25, 0.3) is 0 Å². The molecule has 0 atom stereocenters. The first kappa shape index (κ1) is 25.3. The summed E-state index contributed by atoms with van der Waals surface area (Å²) in [5.41, 5.74) is 3.58. The Labute approximate surface area is 210 Å². The average Bonchev–Trinajstić information content (AvgIpc) is 2.88. The van der Waals surface area contributed by atoms with Crippen LogP contribution in [-0.2, 0) is 4.79 Å². The number of nitrogens with zero attached hydrogens (tertiary/aromatic N) is 4. The highest BCUT2D eigenvalue weighted by Crippen LogP contribution is 2.33. The summed E-state index contributed by atoms with van der Waals surface area (Å²) in [7, 11) is 3.88. The van der Waals surface area contributed by atoms with Gasteiger partial charge in [0.25, 0.3) is 0 Å². The zero-order valence-corrected chi connectivity index (χ0v) is 21.5. The van der Waals surface area contributed by atoms with Gasteiger partial charge in [-0.2, -0.15) is 0 Å². The van der Waals surface area contributed by atoms with E-state index >= 15 is 0 Å². The molecule has 0 saturated carbocycles. The maximum Gasteiger partial charge on any atom is 0.146 e. The number of Topliss-reactive ketones (excluding diaryl/α,β-unsaturated/α-hetero) is 1. The second kappa shape index (κ2) is 12.3. The topological polar surface area (TPSA) is 48.5 Å². The maximum atomic E-state index is 12.6. The smallest absolute Gasteiger partial charge is 0.146 e. The normalized spacial score (nSPS) is 17.5. The minimum atomic E-state index is 0.294. The molecule has 7 heteroatoms. The minimum Gasteiger partial charge on any atom is -0.495 e. The van der Waals surface area contributed by atoms with Gasteiger partial charge >= 0.3 is 0 Å². The number of rotatable bonds is 10. The summed E-state index contributed by atoms with van der Waals surface area (Å²) in [6.45, 7) is 11.0. The quantitative estimate of drug-likeness (QED) is 0.484. The highest BCUT2D eigenvalue weighted by molar-refractivity contribution is 5.80. The van der Waals surface area contributed by atoms with Gasteiger partial charge in [-0.3, -0.25) is 9.69 Å². The van der Waals surface area contributed by atoms with Crippen molar-refractivity contribution in [3.8, 4) is 11.5 Å². The Balaban J connectivity index is 1.19. The summed E-state index contributed by atoms with van der Waals surface area (Å²) < 4.78 is 11.7. The number of anilines is 2. The van der Waals surface area contributed by atoms with Crippen LogP contribution in [0.3, 0.4) is 0 Å². The molecule has 0 aliphatic carbocycles. The molecule has 2 aromatic carbocycles. The molecule has 0 amide bonds. The number of hydrogen-bond acceptors (Lipinski definition) is 7. The molecule has 0 aromatic heterocycles. The van der Waals surface area contributed by atoms with Gasteiger partial charge in [0.1, 0.15) is 17.3 Å². The highest BCUT2D eigenvalue weighted by atomic mass is 16.5. The Hall–Kier alpha value is -2.77. The van der Waals surface area contributed by atoms with Crippen LogP contribution < -0.4 is 19.3 Å². The van der Waals surface area contributed by atoms with E-state index in [1.165, 1.54) is 11.3 Å². The number of likely N-dealkylation sites (N-methyl/N-ethyl adjacent to an activating group) is 1. The predicted molar refractivity (Wildman–Crippen MR) is 142 cm³/mol. The predicted octanol–water partition coefficient (Wildman–Crippen LogP) is 3.31. The summed E-state index contributed by atoms with van der Waals surface area (Å²) in [6.07, 6.45) is 1.30. The molecule has 2 aliphatic heterocycles. The van der Waals surface area contributed by atoms with Gasteiger partial charge in [-0.15, -0.1) is 0 Å². The largest absolute Gasteiger partial charge is 0.495 e. The minimum absolute atomic E-state index is 0.294. The number of benzene rings is 2. The highest BCUT2D eigenvalue weighted by Gasteiger charge is 2.22. The van der Waals surface area contributed by atoms with Crippen LogP contribution in [0.4, 0.5) is 11.4 Å². The van der Waals surface area contributed by atoms with Crippen molar-refractivity contribution >= 4 is 17.2 Å². The number of carbonyl (C=O) groups excluding carboxylic acids is 1. The molecule has 2 saturated heterocycles. The molecule has 0 radical (unpaired) electrons. The molecule has 0 unspecified atom stereocenters. The van der Waals surface area contributed by atoms with Crippen LogP contribution in [0.15, 0.2) is 42.5 Å². The summed E-state index contributed by atoms with van der Waals surface area (Å²) in [4.78, 5) is 22.0. The van der Waals surface area contributed by atoms with E-state index in [2.05, 4.69) is 57.8 Å². The zero-order chi connectivity index (χ0) is 24.6. The molecular formula is C28H40N4O3. The van der Waals surface area contributed by atoms with Crippen LogP contribution in [0.2, 0.25) is 0 Å². The summed E-state index contributed by atoms with van der Waals surface area (Å²) in [5.74, 6) is 2.14. The molecule has 7 nitrogen and oxygen atoms in total. The first-order valence-electron chi connectivity index (χ1n) is 12.8. The molecular weight excluding hydrogens is 440 g/mol. The van der Waals surface area contributed by atoms with Gasteiger partial charge < -0.3 is 24.2 Å². The maximum absolute atomic E-state index is 12.6.